The van der Waals surface area contributed by atoms with Crippen LogP contribution in [-0.4, -0.2) is 20.6 Å². The number of hydrogen-bond acceptors (Lipinski definition) is 6. The molecule has 0 fully saturated rings. The van der Waals surface area contributed by atoms with Gasteiger partial charge in [0.25, 0.3) is 5.82 Å². The van der Waals surface area contributed by atoms with Crippen LogP contribution in [0.2, 0.25) is 0 Å². The van der Waals surface area contributed by atoms with E-state index in [9.17, 15) is 0 Å². The fraction of sp³-hybridized carbons (Fsp3) is 0.125. The van der Waals surface area contributed by atoms with E-state index in [2.05, 4.69) is 20.6 Å². The van der Waals surface area contributed by atoms with Crippen molar-refractivity contribution >= 4 is 5.69 Å². The van der Waals surface area contributed by atoms with Gasteiger partial charge < -0.3 is 15.2 Å². The van der Waals surface area contributed by atoms with Crippen LogP contribution in [0, 0.1) is 0 Å². The number of anilines is 1. The Hall–Kier alpha value is -2.31. The Morgan fingerprint density at radius 1 is 1.33 bits per heavy atom. The largest absolute Gasteiger partial charge is 0.444 e. The van der Waals surface area contributed by atoms with Crippen LogP contribution in [0.1, 0.15) is 12.1 Å². The number of aromatic nitrogens is 4. The Bertz CT molecular complexity index is 484. The van der Waals surface area contributed by atoms with Gasteiger partial charge in [-0.1, -0.05) is 6.07 Å². The molecule has 15 heavy (non-hydrogen) atoms. The summed E-state index contributed by atoms with van der Waals surface area (Å²) in [5, 5.41) is 13.3. The topological polar surface area (TPSA) is 98.9 Å². The van der Waals surface area contributed by atoms with Crippen LogP contribution in [0.4, 0.5) is 5.69 Å². The second kappa shape index (κ2) is 2.84. The summed E-state index contributed by atoms with van der Waals surface area (Å²) in [6, 6.07) is 5.29. The Labute approximate surface area is 84.2 Å². The monoisotopic (exact) mass is 205 g/mol. The number of nitrogens with one attached hydrogen (secondary N) is 1. The first-order valence-electron chi connectivity index (χ1n) is 4.30. The van der Waals surface area contributed by atoms with Crippen LogP contribution in [0.3, 0.4) is 0 Å². The summed E-state index contributed by atoms with van der Waals surface area (Å²) < 4.78 is 10.9. The van der Waals surface area contributed by atoms with Crippen molar-refractivity contribution in [1.29, 1.82) is 0 Å². The average molecular weight is 205 g/mol. The van der Waals surface area contributed by atoms with Crippen LogP contribution < -0.4 is 15.2 Å². The van der Waals surface area contributed by atoms with Gasteiger partial charge in [-0.3, -0.25) is 0 Å². The summed E-state index contributed by atoms with van der Waals surface area (Å²) >= 11 is 0. The quantitative estimate of drug-likeness (QED) is 0.647. The van der Waals surface area contributed by atoms with Crippen molar-refractivity contribution in [2.75, 3.05) is 5.73 Å². The highest BCUT2D eigenvalue weighted by atomic mass is 16.7. The van der Waals surface area contributed by atoms with Crippen LogP contribution in [0.25, 0.3) is 0 Å². The van der Waals surface area contributed by atoms with E-state index in [0.717, 1.165) is 0 Å². The smallest absolute Gasteiger partial charge is 0.306 e. The summed E-state index contributed by atoms with van der Waals surface area (Å²) in [5.74, 6) is 1.45. The zero-order valence-corrected chi connectivity index (χ0v) is 7.54. The number of fused-ring (bicyclic) bond motifs is 1. The number of rotatable bonds is 1. The normalized spacial score (nSPS) is 18.0. The van der Waals surface area contributed by atoms with Crippen molar-refractivity contribution in [3.05, 3.63) is 24.0 Å². The maximum Gasteiger partial charge on any atom is 0.306 e. The van der Waals surface area contributed by atoms with Gasteiger partial charge >= 0.3 is 6.29 Å². The highest BCUT2D eigenvalue weighted by Gasteiger charge is 2.30. The third-order valence-corrected chi connectivity index (χ3v) is 2.04. The first-order valence-corrected chi connectivity index (χ1v) is 4.30. The minimum atomic E-state index is -0.677. The molecule has 0 saturated heterocycles. The number of benzene rings is 1. The molecule has 0 spiro atoms. The number of H-pyrrole nitrogens is 1. The van der Waals surface area contributed by atoms with Crippen LogP contribution >= 0.6 is 0 Å². The highest BCUT2D eigenvalue weighted by molar-refractivity contribution is 5.61. The number of tetrazole rings is 1. The van der Waals surface area contributed by atoms with E-state index in [1.807, 2.05) is 0 Å². The van der Waals surface area contributed by atoms with E-state index in [1.54, 1.807) is 18.2 Å². The van der Waals surface area contributed by atoms with Crippen LogP contribution in [0.15, 0.2) is 18.2 Å². The molecule has 0 saturated carbocycles. The molecule has 0 radical (unpaired) electrons. The Morgan fingerprint density at radius 2 is 2.27 bits per heavy atom. The van der Waals surface area contributed by atoms with E-state index >= 15 is 0 Å². The van der Waals surface area contributed by atoms with Gasteiger partial charge in [-0.25, -0.2) is 0 Å². The Kier molecular flexibility index (Phi) is 1.52. The van der Waals surface area contributed by atoms with Crippen molar-refractivity contribution in [3.63, 3.8) is 0 Å². The number of ether oxygens (including phenoxy) is 2. The number of nitrogen functional groups attached to an aromatic ring is 1. The van der Waals surface area contributed by atoms with Crippen molar-refractivity contribution in [1.82, 2.24) is 20.6 Å². The molecule has 1 aliphatic heterocycles. The fourth-order valence-corrected chi connectivity index (χ4v) is 1.37. The van der Waals surface area contributed by atoms with Gasteiger partial charge in [0.2, 0.25) is 0 Å². The van der Waals surface area contributed by atoms with Gasteiger partial charge in [0.05, 0.1) is 5.69 Å². The van der Waals surface area contributed by atoms with Gasteiger partial charge in [0.1, 0.15) is 0 Å². The van der Waals surface area contributed by atoms with Gasteiger partial charge in [-0.15, -0.1) is 10.2 Å². The zero-order valence-electron chi connectivity index (χ0n) is 7.54. The minimum Gasteiger partial charge on any atom is -0.444 e. The lowest BCUT2D eigenvalue weighted by molar-refractivity contribution is 0.0408. The van der Waals surface area contributed by atoms with E-state index in [1.165, 1.54) is 0 Å². The second-order valence-corrected chi connectivity index (χ2v) is 3.01. The molecule has 1 unspecified atom stereocenters. The molecule has 0 amide bonds. The molecular formula is C8H7N5O2. The SMILES string of the molecule is Nc1cccc2c1OC(c1nn[nH]n1)O2. The summed E-state index contributed by atoms with van der Waals surface area (Å²) in [5.41, 5.74) is 6.24. The number of aromatic amines is 1. The lowest BCUT2D eigenvalue weighted by Crippen LogP contribution is -2.10. The molecule has 1 aliphatic rings. The molecular weight excluding hydrogens is 198 g/mol. The molecule has 7 heteroatoms. The van der Waals surface area contributed by atoms with Gasteiger partial charge in [0, 0.05) is 0 Å². The summed E-state index contributed by atoms with van der Waals surface area (Å²) in [6.07, 6.45) is -0.677. The van der Waals surface area contributed by atoms with E-state index in [-0.39, 0.29) is 0 Å². The van der Waals surface area contributed by atoms with Gasteiger partial charge in [-0.05, 0) is 17.3 Å². The van der Waals surface area contributed by atoms with E-state index < -0.39 is 6.29 Å². The number of nitrogens with zero attached hydrogens (tertiary/aromatic N) is 3. The predicted octanol–water partition coefficient (Wildman–Crippen LogP) is 0.252. The third kappa shape index (κ3) is 1.17. The summed E-state index contributed by atoms with van der Waals surface area (Å²) in [4.78, 5) is 0. The van der Waals surface area contributed by atoms with Gasteiger partial charge in [0.15, 0.2) is 11.5 Å². The van der Waals surface area contributed by atoms with E-state index in [4.69, 9.17) is 15.2 Å². The van der Waals surface area contributed by atoms with Crippen molar-refractivity contribution < 1.29 is 9.47 Å². The van der Waals surface area contributed by atoms with Crippen LogP contribution in [0.5, 0.6) is 11.5 Å². The number of nitrogens with two attached hydrogens (primary N) is 1. The van der Waals surface area contributed by atoms with Crippen LogP contribution in [-0.2, 0) is 0 Å². The lowest BCUT2D eigenvalue weighted by Gasteiger charge is -2.03. The third-order valence-electron chi connectivity index (χ3n) is 2.04. The first kappa shape index (κ1) is 8.04. The minimum absolute atomic E-state index is 0.339. The molecule has 0 bridgehead atoms. The fourth-order valence-electron chi connectivity index (χ4n) is 1.37. The standard InChI is InChI=1S/C8H7N5O2/c9-4-2-1-3-5-6(4)15-8(14-5)7-10-12-13-11-7/h1-3,8H,9H2,(H,10,11,12,13). The molecule has 7 nitrogen and oxygen atoms in total. The van der Waals surface area contributed by atoms with Crippen molar-refractivity contribution in [3.8, 4) is 11.5 Å². The number of para-hydroxylation sites is 1. The maximum absolute atomic E-state index is 5.72. The molecule has 1 atom stereocenters. The molecule has 3 N–H and O–H groups in total. The molecule has 76 valence electrons. The maximum atomic E-state index is 5.72. The summed E-state index contributed by atoms with van der Waals surface area (Å²) in [6.45, 7) is 0. The Morgan fingerprint density at radius 3 is 3.00 bits per heavy atom. The van der Waals surface area contributed by atoms with Gasteiger partial charge in [-0.2, -0.15) is 5.21 Å². The van der Waals surface area contributed by atoms with E-state index in [0.29, 0.717) is 23.0 Å². The lowest BCUT2D eigenvalue weighted by atomic mass is 10.3. The zero-order chi connectivity index (χ0) is 10.3. The Balaban J connectivity index is 1.96. The van der Waals surface area contributed by atoms with Crippen molar-refractivity contribution in [2.24, 2.45) is 0 Å². The molecule has 2 aromatic rings. The molecule has 1 aromatic carbocycles. The number of hydrogen-bond donors (Lipinski definition) is 2. The molecule has 1 aromatic heterocycles. The molecule has 2 heterocycles. The molecule has 3 rings (SSSR count). The predicted molar refractivity (Wildman–Crippen MR) is 49.0 cm³/mol. The summed E-state index contributed by atoms with van der Waals surface area (Å²) in [7, 11) is 0. The van der Waals surface area contributed by atoms with Crippen molar-refractivity contribution in [2.45, 2.75) is 6.29 Å². The first-order chi connectivity index (χ1) is 7.34. The highest BCUT2D eigenvalue weighted by Crippen LogP contribution is 2.43. The average Bonchev–Trinajstić information content (AvgIpc) is 2.86. The molecule has 0 aliphatic carbocycles. The second-order valence-electron chi connectivity index (χ2n) is 3.01.